The zero-order chi connectivity index (χ0) is 22.7. The van der Waals surface area contributed by atoms with Gasteiger partial charge in [0.15, 0.2) is 0 Å². The highest BCUT2D eigenvalue weighted by Gasteiger charge is 2.07. The fraction of sp³-hybridized carbons (Fsp3) is 0.125. The summed E-state index contributed by atoms with van der Waals surface area (Å²) < 4.78 is 20.8. The van der Waals surface area contributed by atoms with Crippen LogP contribution in [-0.4, -0.2) is 15.4 Å². The molecular formula is C24H21FN4O3. The first-order valence-electron chi connectivity index (χ1n) is 9.93. The SMILES string of the molecule is Cc1ccc2nc(COc3ccc(NC(=O)Nc4ccc(C)c(F)c4)cc3)cc(=O)n2c1. The third-order valence-electron chi connectivity index (χ3n) is 4.79. The number of benzene rings is 2. The van der Waals surface area contributed by atoms with Crippen molar-refractivity contribution in [3.8, 4) is 5.75 Å². The Morgan fingerprint density at radius 2 is 1.72 bits per heavy atom. The van der Waals surface area contributed by atoms with Crippen LogP contribution in [0.3, 0.4) is 0 Å². The number of halogens is 1. The molecule has 2 N–H and O–H groups in total. The first-order valence-corrected chi connectivity index (χ1v) is 9.93. The molecule has 4 rings (SSSR count). The summed E-state index contributed by atoms with van der Waals surface area (Å²) in [6.45, 7) is 3.69. The number of aromatic nitrogens is 2. The second-order valence-electron chi connectivity index (χ2n) is 7.38. The summed E-state index contributed by atoms with van der Waals surface area (Å²) in [7, 11) is 0. The first kappa shape index (κ1) is 21.0. The number of nitrogens with zero attached hydrogens (tertiary/aromatic N) is 2. The maximum atomic E-state index is 13.6. The molecule has 0 aliphatic heterocycles. The summed E-state index contributed by atoms with van der Waals surface area (Å²) in [5, 5.41) is 5.26. The normalized spacial score (nSPS) is 10.7. The van der Waals surface area contributed by atoms with Gasteiger partial charge in [-0.15, -0.1) is 0 Å². The minimum atomic E-state index is -0.488. The van der Waals surface area contributed by atoms with Gasteiger partial charge < -0.3 is 15.4 Å². The van der Waals surface area contributed by atoms with Gasteiger partial charge in [-0.3, -0.25) is 9.20 Å². The van der Waals surface area contributed by atoms with Crippen LogP contribution in [0.1, 0.15) is 16.8 Å². The predicted octanol–water partition coefficient (Wildman–Crippen LogP) is 4.67. The topological polar surface area (TPSA) is 84.7 Å². The van der Waals surface area contributed by atoms with E-state index in [1.807, 2.05) is 13.0 Å². The van der Waals surface area contributed by atoms with Crippen LogP contribution in [0.2, 0.25) is 0 Å². The average Bonchev–Trinajstić information content (AvgIpc) is 2.76. The molecule has 0 atom stereocenters. The van der Waals surface area contributed by atoms with Gasteiger partial charge in [0.1, 0.15) is 23.8 Å². The van der Waals surface area contributed by atoms with E-state index in [0.717, 1.165) is 5.56 Å². The second-order valence-corrected chi connectivity index (χ2v) is 7.38. The number of urea groups is 1. The fourth-order valence-corrected chi connectivity index (χ4v) is 3.09. The Hall–Kier alpha value is -4.20. The Labute approximate surface area is 183 Å². The largest absolute Gasteiger partial charge is 0.487 e. The molecule has 0 aliphatic rings. The summed E-state index contributed by atoms with van der Waals surface area (Å²) in [5.41, 5.74) is 3.28. The third kappa shape index (κ3) is 4.92. The van der Waals surface area contributed by atoms with Crippen molar-refractivity contribution >= 4 is 23.1 Å². The Morgan fingerprint density at radius 3 is 2.47 bits per heavy atom. The van der Waals surface area contributed by atoms with E-state index in [4.69, 9.17) is 4.74 Å². The Balaban J connectivity index is 1.36. The van der Waals surface area contributed by atoms with Gasteiger partial charge in [0.2, 0.25) is 0 Å². The molecule has 8 heteroatoms. The van der Waals surface area contributed by atoms with Crippen molar-refractivity contribution in [1.29, 1.82) is 0 Å². The number of nitrogens with one attached hydrogen (secondary N) is 2. The molecule has 32 heavy (non-hydrogen) atoms. The quantitative estimate of drug-likeness (QED) is 0.480. The summed E-state index contributed by atoms with van der Waals surface area (Å²) in [6, 6.07) is 15.9. The van der Waals surface area contributed by atoms with E-state index in [-0.39, 0.29) is 18.0 Å². The van der Waals surface area contributed by atoms with Crippen LogP contribution in [0.15, 0.2) is 71.7 Å². The van der Waals surface area contributed by atoms with Gasteiger partial charge >= 0.3 is 6.03 Å². The lowest BCUT2D eigenvalue weighted by Crippen LogP contribution is -2.19. The molecule has 0 radical (unpaired) electrons. The van der Waals surface area contributed by atoms with Crippen LogP contribution >= 0.6 is 0 Å². The number of hydrogen-bond acceptors (Lipinski definition) is 4. The molecule has 0 unspecified atom stereocenters. The highest BCUT2D eigenvalue weighted by molar-refractivity contribution is 5.99. The van der Waals surface area contributed by atoms with Crippen LogP contribution < -0.4 is 20.9 Å². The van der Waals surface area contributed by atoms with Crippen molar-refractivity contribution < 1.29 is 13.9 Å². The maximum Gasteiger partial charge on any atom is 0.323 e. The minimum absolute atomic E-state index is 0.131. The molecule has 2 amide bonds. The molecule has 162 valence electrons. The van der Waals surface area contributed by atoms with Crippen LogP contribution in [0.5, 0.6) is 5.75 Å². The molecule has 2 heterocycles. The highest BCUT2D eigenvalue weighted by atomic mass is 19.1. The smallest absolute Gasteiger partial charge is 0.323 e. The molecular weight excluding hydrogens is 411 g/mol. The predicted molar refractivity (Wildman–Crippen MR) is 121 cm³/mol. The van der Waals surface area contributed by atoms with Gasteiger partial charge in [-0.25, -0.2) is 14.2 Å². The second kappa shape index (κ2) is 8.89. The standard InChI is InChI=1S/C24H21FN4O3/c1-15-3-10-22-26-19(12-23(30)29(22)13-15)14-32-20-8-6-17(7-9-20)27-24(31)28-18-5-4-16(2)21(25)11-18/h3-13H,14H2,1-2H3,(H2,27,28,31). The van der Waals surface area contributed by atoms with Crippen LogP contribution in [0.4, 0.5) is 20.6 Å². The molecule has 7 nitrogen and oxygen atoms in total. The van der Waals surface area contributed by atoms with Gasteiger partial charge in [0, 0.05) is 23.6 Å². The molecule has 4 aromatic rings. The molecule has 0 fully saturated rings. The average molecular weight is 432 g/mol. The number of amides is 2. The number of hydrogen-bond donors (Lipinski definition) is 2. The monoisotopic (exact) mass is 432 g/mol. The van der Waals surface area contributed by atoms with Gasteiger partial charge in [-0.05, 0) is 67.4 Å². The summed E-state index contributed by atoms with van der Waals surface area (Å²) >= 11 is 0. The van der Waals surface area contributed by atoms with E-state index in [9.17, 15) is 14.0 Å². The molecule has 2 aromatic heterocycles. The van der Waals surface area contributed by atoms with Crippen molar-refractivity contribution in [3.05, 3.63) is 99.9 Å². The summed E-state index contributed by atoms with van der Waals surface area (Å²) in [6.07, 6.45) is 1.74. The van der Waals surface area contributed by atoms with Crippen LogP contribution in [0, 0.1) is 19.7 Å². The third-order valence-corrected chi connectivity index (χ3v) is 4.79. The highest BCUT2D eigenvalue weighted by Crippen LogP contribution is 2.18. The number of carbonyl (C=O) groups is 1. The summed E-state index contributed by atoms with van der Waals surface area (Å²) in [4.78, 5) is 28.8. The molecule has 0 spiro atoms. The van der Waals surface area contributed by atoms with Crippen molar-refractivity contribution in [2.24, 2.45) is 0 Å². The Morgan fingerprint density at radius 1 is 1.00 bits per heavy atom. The number of fused-ring (bicyclic) bond motifs is 1. The summed E-state index contributed by atoms with van der Waals surface area (Å²) in [5.74, 6) is 0.172. The lowest BCUT2D eigenvalue weighted by atomic mass is 10.2. The van der Waals surface area contributed by atoms with Crippen molar-refractivity contribution in [2.75, 3.05) is 10.6 Å². The van der Waals surface area contributed by atoms with E-state index in [0.29, 0.717) is 34.0 Å². The minimum Gasteiger partial charge on any atom is -0.487 e. The van der Waals surface area contributed by atoms with E-state index in [2.05, 4.69) is 15.6 Å². The molecule has 0 saturated carbocycles. The van der Waals surface area contributed by atoms with Gasteiger partial charge in [0.25, 0.3) is 5.56 Å². The van der Waals surface area contributed by atoms with E-state index >= 15 is 0 Å². The molecule has 0 aliphatic carbocycles. The lowest BCUT2D eigenvalue weighted by Gasteiger charge is -2.10. The molecule has 2 aromatic carbocycles. The number of carbonyl (C=O) groups excluding carboxylic acids is 1. The van der Waals surface area contributed by atoms with Crippen molar-refractivity contribution in [3.63, 3.8) is 0 Å². The van der Waals surface area contributed by atoms with Crippen molar-refractivity contribution in [2.45, 2.75) is 20.5 Å². The number of pyridine rings is 1. The number of ether oxygens (including phenoxy) is 1. The maximum absolute atomic E-state index is 13.6. The fourth-order valence-electron chi connectivity index (χ4n) is 3.09. The number of rotatable bonds is 5. The van der Waals surface area contributed by atoms with Crippen LogP contribution in [-0.2, 0) is 6.61 Å². The van der Waals surface area contributed by atoms with Gasteiger partial charge in [-0.1, -0.05) is 12.1 Å². The van der Waals surface area contributed by atoms with Gasteiger partial charge in [0.05, 0.1) is 5.69 Å². The Kier molecular flexibility index (Phi) is 5.85. The van der Waals surface area contributed by atoms with Crippen LogP contribution in [0.25, 0.3) is 5.65 Å². The number of aryl methyl sites for hydroxylation is 2. The Bertz CT molecular complexity index is 1350. The zero-order valence-electron chi connectivity index (χ0n) is 17.6. The molecule has 0 saturated heterocycles. The van der Waals surface area contributed by atoms with E-state index in [1.165, 1.54) is 16.5 Å². The first-order chi connectivity index (χ1) is 15.4. The van der Waals surface area contributed by atoms with E-state index in [1.54, 1.807) is 55.6 Å². The van der Waals surface area contributed by atoms with E-state index < -0.39 is 6.03 Å². The van der Waals surface area contributed by atoms with Crippen molar-refractivity contribution in [1.82, 2.24) is 9.38 Å². The number of anilines is 2. The van der Waals surface area contributed by atoms with Gasteiger partial charge in [-0.2, -0.15) is 0 Å². The molecule has 0 bridgehead atoms. The zero-order valence-corrected chi connectivity index (χ0v) is 17.6. The lowest BCUT2D eigenvalue weighted by molar-refractivity contribution is 0.262.